The lowest BCUT2D eigenvalue weighted by atomic mass is 10.0. The van der Waals surface area contributed by atoms with Gasteiger partial charge in [0.15, 0.2) is 0 Å². The Bertz CT molecular complexity index is 405. The van der Waals surface area contributed by atoms with E-state index < -0.39 is 0 Å². The summed E-state index contributed by atoms with van der Waals surface area (Å²) in [4.78, 5) is 0. The van der Waals surface area contributed by atoms with Gasteiger partial charge in [-0.3, -0.25) is 0 Å². The lowest BCUT2D eigenvalue weighted by Crippen LogP contribution is -2.39. The van der Waals surface area contributed by atoms with Gasteiger partial charge in [0, 0.05) is 23.5 Å². The lowest BCUT2D eigenvalue weighted by Gasteiger charge is -2.22. The molecule has 0 aromatic heterocycles. The van der Waals surface area contributed by atoms with Gasteiger partial charge in [-0.15, -0.1) is 0 Å². The predicted octanol–water partition coefficient (Wildman–Crippen LogP) is 3.78. The highest BCUT2D eigenvalue weighted by molar-refractivity contribution is 9.10. The van der Waals surface area contributed by atoms with E-state index in [9.17, 15) is 0 Å². The van der Waals surface area contributed by atoms with Crippen LogP contribution in [0.3, 0.4) is 0 Å². The molecule has 3 heteroatoms. The molecule has 0 radical (unpaired) electrons. The summed E-state index contributed by atoms with van der Waals surface area (Å²) in [5.74, 6) is 1.72. The largest absolute Gasteiger partial charge is 0.488 e. The normalized spacial score (nSPS) is 19.7. The summed E-state index contributed by atoms with van der Waals surface area (Å²) in [7, 11) is 0. The van der Waals surface area contributed by atoms with Gasteiger partial charge in [0.05, 0.1) is 0 Å². The quantitative estimate of drug-likeness (QED) is 0.893. The molecule has 0 bridgehead atoms. The third-order valence-corrected chi connectivity index (χ3v) is 4.11. The first kappa shape index (κ1) is 13.9. The standard InChI is InChI=1S/C15H22BrNO/c1-4-14(10(2)3)17-9-13-8-11-7-12(16)5-6-15(11)18-13/h5-7,10,13-14,17H,4,8-9H2,1-3H3. The van der Waals surface area contributed by atoms with E-state index in [4.69, 9.17) is 4.74 Å². The molecule has 1 aliphatic rings. The van der Waals surface area contributed by atoms with E-state index in [1.165, 1.54) is 12.0 Å². The average molecular weight is 312 g/mol. The zero-order chi connectivity index (χ0) is 13.1. The Kier molecular flexibility index (Phi) is 4.68. The van der Waals surface area contributed by atoms with Crippen molar-refractivity contribution in [1.29, 1.82) is 0 Å². The molecule has 1 aromatic carbocycles. The fourth-order valence-electron chi connectivity index (χ4n) is 2.54. The van der Waals surface area contributed by atoms with E-state index in [2.05, 4.69) is 54.2 Å². The number of rotatable bonds is 5. The van der Waals surface area contributed by atoms with E-state index in [1.807, 2.05) is 6.07 Å². The van der Waals surface area contributed by atoms with Crippen LogP contribution in [0.4, 0.5) is 0 Å². The van der Waals surface area contributed by atoms with Crippen molar-refractivity contribution in [2.75, 3.05) is 6.54 Å². The Morgan fingerprint density at radius 2 is 2.22 bits per heavy atom. The third-order valence-electron chi connectivity index (χ3n) is 3.62. The van der Waals surface area contributed by atoms with E-state index in [1.54, 1.807) is 0 Å². The first-order valence-corrected chi connectivity index (χ1v) is 7.58. The summed E-state index contributed by atoms with van der Waals surface area (Å²) in [5, 5.41) is 3.62. The van der Waals surface area contributed by atoms with Crippen molar-refractivity contribution < 1.29 is 4.74 Å². The number of nitrogens with one attached hydrogen (secondary N) is 1. The van der Waals surface area contributed by atoms with Gasteiger partial charge in [0.1, 0.15) is 11.9 Å². The van der Waals surface area contributed by atoms with E-state index >= 15 is 0 Å². The molecule has 1 aliphatic heterocycles. The summed E-state index contributed by atoms with van der Waals surface area (Å²) in [5.41, 5.74) is 1.31. The van der Waals surface area contributed by atoms with Crippen LogP contribution in [-0.4, -0.2) is 18.7 Å². The SMILES string of the molecule is CCC(NCC1Cc2cc(Br)ccc2O1)C(C)C. The fourth-order valence-corrected chi connectivity index (χ4v) is 2.95. The molecule has 1 N–H and O–H groups in total. The zero-order valence-corrected chi connectivity index (χ0v) is 13.0. The minimum atomic E-state index is 0.280. The van der Waals surface area contributed by atoms with Gasteiger partial charge in [-0.25, -0.2) is 0 Å². The van der Waals surface area contributed by atoms with Crippen LogP contribution in [0, 0.1) is 5.92 Å². The van der Waals surface area contributed by atoms with E-state index in [0.29, 0.717) is 12.0 Å². The molecule has 0 spiro atoms. The highest BCUT2D eigenvalue weighted by Gasteiger charge is 2.23. The van der Waals surface area contributed by atoms with Crippen LogP contribution < -0.4 is 10.1 Å². The van der Waals surface area contributed by atoms with Crippen molar-refractivity contribution in [2.24, 2.45) is 5.92 Å². The molecule has 1 aromatic rings. The van der Waals surface area contributed by atoms with Crippen LogP contribution in [0.15, 0.2) is 22.7 Å². The third kappa shape index (κ3) is 3.27. The molecule has 0 saturated heterocycles. The molecular formula is C15H22BrNO. The minimum absolute atomic E-state index is 0.280. The van der Waals surface area contributed by atoms with Gasteiger partial charge in [0.2, 0.25) is 0 Å². The molecule has 18 heavy (non-hydrogen) atoms. The highest BCUT2D eigenvalue weighted by atomic mass is 79.9. The zero-order valence-electron chi connectivity index (χ0n) is 11.4. The number of halogens is 1. The molecule has 0 saturated carbocycles. The van der Waals surface area contributed by atoms with Crippen LogP contribution >= 0.6 is 15.9 Å². The highest BCUT2D eigenvalue weighted by Crippen LogP contribution is 2.31. The molecule has 2 rings (SSSR count). The molecule has 100 valence electrons. The number of hydrogen-bond acceptors (Lipinski definition) is 2. The maximum Gasteiger partial charge on any atom is 0.123 e. The molecule has 1 heterocycles. The van der Waals surface area contributed by atoms with Crippen molar-refractivity contribution >= 4 is 15.9 Å². The van der Waals surface area contributed by atoms with Gasteiger partial charge < -0.3 is 10.1 Å². The molecule has 2 nitrogen and oxygen atoms in total. The second-order valence-corrected chi connectivity index (χ2v) is 6.28. The van der Waals surface area contributed by atoms with Crippen molar-refractivity contribution in [2.45, 2.75) is 45.8 Å². The second-order valence-electron chi connectivity index (χ2n) is 5.36. The predicted molar refractivity (Wildman–Crippen MR) is 79.2 cm³/mol. The number of fused-ring (bicyclic) bond motifs is 1. The van der Waals surface area contributed by atoms with Gasteiger partial charge in [-0.05, 0) is 36.1 Å². The number of benzene rings is 1. The molecule has 2 unspecified atom stereocenters. The second kappa shape index (κ2) is 6.07. The molecule has 0 fully saturated rings. The summed E-state index contributed by atoms with van der Waals surface area (Å²) in [6, 6.07) is 6.84. The van der Waals surface area contributed by atoms with Crippen molar-refractivity contribution in [3.05, 3.63) is 28.2 Å². The lowest BCUT2D eigenvalue weighted by molar-refractivity contribution is 0.213. The minimum Gasteiger partial charge on any atom is -0.488 e. The van der Waals surface area contributed by atoms with Crippen LogP contribution in [-0.2, 0) is 6.42 Å². The first-order chi connectivity index (χ1) is 8.60. The van der Waals surface area contributed by atoms with Crippen molar-refractivity contribution in [1.82, 2.24) is 5.32 Å². The Labute approximate surface area is 118 Å². The topological polar surface area (TPSA) is 21.3 Å². The maximum atomic E-state index is 5.95. The van der Waals surface area contributed by atoms with Crippen LogP contribution in [0.2, 0.25) is 0 Å². The molecular weight excluding hydrogens is 290 g/mol. The van der Waals surface area contributed by atoms with Gasteiger partial charge in [-0.1, -0.05) is 36.7 Å². The molecule has 0 aliphatic carbocycles. The first-order valence-electron chi connectivity index (χ1n) is 6.78. The van der Waals surface area contributed by atoms with Crippen molar-refractivity contribution in [3.8, 4) is 5.75 Å². The van der Waals surface area contributed by atoms with Gasteiger partial charge in [-0.2, -0.15) is 0 Å². The monoisotopic (exact) mass is 311 g/mol. The Morgan fingerprint density at radius 3 is 2.89 bits per heavy atom. The smallest absolute Gasteiger partial charge is 0.123 e. The van der Waals surface area contributed by atoms with E-state index in [-0.39, 0.29) is 6.10 Å². The van der Waals surface area contributed by atoms with Crippen LogP contribution in [0.25, 0.3) is 0 Å². The maximum absolute atomic E-state index is 5.95. The van der Waals surface area contributed by atoms with E-state index in [0.717, 1.165) is 23.2 Å². The molecule has 2 atom stereocenters. The van der Waals surface area contributed by atoms with Crippen LogP contribution in [0.1, 0.15) is 32.8 Å². The summed E-state index contributed by atoms with van der Waals surface area (Å²) in [6.45, 7) is 7.70. The Morgan fingerprint density at radius 1 is 1.44 bits per heavy atom. The number of hydrogen-bond donors (Lipinski definition) is 1. The van der Waals surface area contributed by atoms with Crippen molar-refractivity contribution in [3.63, 3.8) is 0 Å². The summed E-state index contributed by atoms with van der Waals surface area (Å²) >= 11 is 3.51. The van der Waals surface area contributed by atoms with Crippen LogP contribution in [0.5, 0.6) is 5.75 Å². The van der Waals surface area contributed by atoms with Gasteiger partial charge in [0.25, 0.3) is 0 Å². The summed E-state index contributed by atoms with van der Waals surface area (Å²) in [6.07, 6.45) is 2.46. The van der Waals surface area contributed by atoms with Gasteiger partial charge >= 0.3 is 0 Å². The Balaban J connectivity index is 1.88. The number of ether oxygens (including phenoxy) is 1. The Hall–Kier alpha value is -0.540. The fraction of sp³-hybridized carbons (Fsp3) is 0.600. The molecule has 0 amide bonds. The average Bonchev–Trinajstić information content (AvgIpc) is 2.71. The summed E-state index contributed by atoms with van der Waals surface area (Å²) < 4.78 is 7.08.